The standard InChI is InChI=1S/C26H24N2O/c1-19-12-14-24(15-13-19)28-20(2)16-22(21(28)3)18-27-23-8-7-11-26(17-23)29-25-9-5-4-6-10-25/h4-18H,1-3H3. The number of para-hydroxylation sites is 1. The van der Waals surface area contributed by atoms with Crippen LogP contribution in [-0.2, 0) is 0 Å². The molecule has 1 aromatic heterocycles. The topological polar surface area (TPSA) is 26.5 Å². The molecule has 0 N–H and O–H groups in total. The molecule has 0 atom stereocenters. The van der Waals surface area contributed by atoms with Crippen molar-refractivity contribution in [3.05, 3.63) is 107 Å². The molecular formula is C26H24N2O. The van der Waals surface area contributed by atoms with Crippen LogP contribution in [0.2, 0.25) is 0 Å². The fraction of sp³-hybridized carbons (Fsp3) is 0.115. The molecule has 0 fully saturated rings. The van der Waals surface area contributed by atoms with Crippen molar-refractivity contribution in [3.8, 4) is 17.2 Å². The second-order valence-corrected chi connectivity index (χ2v) is 7.17. The minimum Gasteiger partial charge on any atom is -0.457 e. The highest BCUT2D eigenvalue weighted by Crippen LogP contribution is 2.26. The summed E-state index contributed by atoms with van der Waals surface area (Å²) >= 11 is 0. The van der Waals surface area contributed by atoms with E-state index in [0.29, 0.717) is 0 Å². The summed E-state index contributed by atoms with van der Waals surface area (Å²) < 4.78 is 8.17. The summed E-state index contributed by atoms with van der Waals surface area (Å²) in [4.78, 5) is 4.68. The molecule has 3 aromatic carbocycles. The van der Waals surface area contributed by atoms with E-state index in [1.54, 1.807) is 0 Å². The lowest BCUT2D eigenvalue weighted by Gasteiger charge is -2.09. The molecule has 4 rings (SSSR count). The number of aromatic nitrogens is 1. The van der Waals surface area contributed by atoms with Crippen molar-refractivity contribution in [2.75, 3.05) is 0 Å². The summed E-state index contributed by atoms with van der Waals surface area (Å²) in [6.45, 7) is 6.36. The number of aryl methyl sites for hydroxylation is 2. The predicted octanol–water partition coefficient (Wildman–Crippen LogP) is 6.95. The van der Waals surface area contributed by atoms with Crippen LogP contribution in [0.15, 0.2) is 89.9 Å². The summed E-state index contributed by atoms with van der Waals surface area (Å²) in [5.74, 6) is 1.59. The van der Waals surface area contributed by atoms with Crippen LogP contribution in [0, 0.1) is 20.8 Å². The zero-order valence-corrected chi connectivity index (χ0v) is 17.0. The average Bonchev–Trinajstić information content (AvgIpc) is 3.01. The van der Waals surface area contributed by atoms with Crippen LogP contribution in [0.25, 0.3) is 5.69 Å². The molecule has 0 aliphatic carbocycles. The molecule has 0 saturated carbocycles. The van der Waals surface area contributed by atoms with Gasteiger partial charge >= 0.3 is 0 Å². The first-order valence-electron chi connectivity index (χ1n) is 9.73. The number of rotatable bonds is 5. The van der Waals surface area contributed by atoms with E-state index >= 15 is 0 Å². The van der Waals surface area contributed by atoms with Gasteiger partial charge in [-0.3, -0.25) is 4.99 Å². The molecule has 29 heavy (non-hydrogen) atoms. The molecular weight excluding hydrogens is 356 g/mol. The van der Waals surface area contributed by atoms with Crippen LogP contribution in [0.5, 0.6) is 11.5 Å². The number of aliphatic imine (C=N–C) groups is 1. The van der Waals surface area contributed by atoms with E-state index in [9.17, 15) is 0 Å². The van der Waals surface area contributed by atoms with E-state index < -0.39 is 0 Å². The minimum absolute atomic E-state index is 0.774. The van der Waals surface area contributed by atoms with E-state index in [1.807, 2.05) is 60.8 Å². The van der Waals surface area contributed by atoms with Crippen molar-refractivity contribution >= 4 is 11.9 Å². The highest BCUT2D eigenvalue weighted by Gasteiger charge is 2.09. The maximum absolute atomic E-state index is 5.91. The Morgan fingerprint density at radius 1 is 0.759 bits per heavy atom. The van der Waals surface area contributed by atoms with Crippen molar-refractivity contribution in [2.45, 2.75) is 20.8 Å². The van der Waals surface area contributed by atoms with Gasteiger partial charge in [0.2, 0.25) is 0 Å². The van der Waals surface area contributed by atoms with Gasteiger partial charge in [0.25, 0.3) is 0 Å². The number of hydrogen-bond donors (Lipinski definition) is 0. The summed E-state index contributed by atoms with van der Waals surface area (Å²) in [7, 11) is 0. The molecule has 0 aliphatic rings. The largest absolute Gasteiger partial charge is 0.457 e. The highest BCUT2D eigenvalue weighted by molar-refractivity contribution is 5.84. The van der Waals surface area contributed by atoms with E-state index in [1.165, 1.54) is 22.6 Å². The van der Waals surface area contributed by atoms with Crippen molar-refractivity contribution in [3.63, 3.8) is 0 Å². The zero-order chi connectivity index (χ0) is 20.2. The normalized spacial score (nSPS) is 11.1. The van der Waals surface area contributed by atoms with E-state index in [4.69, 9.17) is 4.74 Å². The van der Waals surface area contributed by atoms with Gasteiger partial charge in [-0.15, -0.1) is 0 Å². The van der Waals surface area contributed by atoms with Gasteiger partial charge in [0, 0.05) is 34.9 Å². The molecule has 144 valence electrons. The zero-order valence-electron chi connectivity index (χ0n) is 17.0. The maximum Gasteiger partial charge on any atom is 0.129 e. The molecule has 3 nitrogen and oxygen atoms in total. The first-order chi connectivity index (χ1) is 14.1. The monoisotopic (exact) mass is 380 g/mol. The Morgan fingerprint density at radius 3 is 2.24 bits per heavy atom. The minimum atomic E-state index is 0.774. The molecule has 1 heterocycles. The predicted molar refractivity (Wildman–Crippen MR) is 120 cm³/mol. The second-order valence-electron chi connectivity index (χ2n) is 7.17. The third-order valence-electron chi connectivity index (χ3n) is 4.91. The first-order valence-corrected chi connectivity index (χ1v) is 9.73. The lowest BCUT2D eigenvalue weighted by atomic mass is 10.2. The molecule has 0 saturated heterocycles. The van der Waals surface area contributed by atoms with Gasteiger partial charge < -0.3 is 9.30 Å². The van der Waals surface area contributed by atoms with Crippen LogP contribution in [0.1, 0.15) is 22.5 Å². The number of nitrogens with zero attached hydrogens (tertiary/aromatic N) is 2. The molecule has 0 aliphatic heterocycles. The van der Waals surface area contributed by atoms with Crippen molar-refractivity contribution in [1.29, 1.82) is 0 Å². The molecule has 4 aromatic rings. The molecule has 3 heteroatoms. The van der Waals surface area contributed by atoms with Gasteiger partial charge in [-0.2, -0.15) is 0 Å². The van der Waals surface area contributed by atoms with Crippen LogP contribution < -0.4 is 4.74 Å². The van der Waals surface area contributed by atoms with E-state index in [0.717, 1.165) is 22.7 Å². The Kier molecular flexibility index (Phi) is 5.30. The van der Waals surface area contributed by atoms with Crippen molar-refractivity contribution in [1.82, 2.24) is 4.57 Å². The number of hydrogen-bond acceptors (Lipinski definition) is 2. The van der Waals surface area contributed by atoms with E-state index in [2.05, 4.69) is 60.7 Å². The Labute approximate surface area is 171 Å². The van der Waals surface area contributed by atoms with Gasteiger partial charge in [0.1, 0.15) is 11.5 Å². The molecule has 0 bridgehead atoms. The van der Waals surface area contributed by atoms with Crippen LogP contribution >= 0.6 is 0 Å². The molecule has 0 unspecified atom stereocenters. The van der Waals surface area contributed by atoms with Gasteiger partial charge in [-0.25, -0.2) is 0 Å². The quantitative estimate of drug-likeness (QED) is 0.344. The van der Waals surface area contributed by atoms with Crippen molar-refractivity contribution in [2.24, 2.45) is 4.99 Å². The Bertz CT molecular complexity index is 1140. The summed E-state index contributed by atoms with van der Waals surface area (Å²) in [5, 5.41) is 0. The summed E-state index contributed by atoms with van der Waals surface area (Å²) in [6, 6.07) is 28.4. The number of ether oxygens (including phenoxy) is 1. The van der Waals surface area contributed by atoms with Crippen LogP contribution in [0.3, 0.4) is 0 Å². The van der Waals surface area contributed by atoms with Crippen molar-refractivity contribution < 1.29 is 4.74 Å². The van der Waals surface area contributed by atoms with Gasteiger partial charge in [-0.1, -0.05) is 42.0 Å². The second kappa shape index (κ2) is 8.19. The number of benzene rings is 3. The fourth-order valence-electron chi connectivity index (χ4n) is 3.41. The smallest absolute Gasteiger partial charge is 0.129 e. The van der Waals surface area contributed by atoms with Crippen LogP contribution in [-0.4, -0.2) is 10.8 Å². The van der Waals surface area contributed by atoms with Gasteiger partial charge in [-0.05, 0) is 63.2 Å². The average molecular weight is 380 g/mol. The third-order valence-corrected chi connectivity index (χ3v) is 4.91. The Hall–Kier alpha value is -3.59. The third kappa shape index (κ3) is 4.30. The van der Waals surface area contributed by atoms with E-state index in [-0.39, 0.29) is 0 Å². The molecule has 0 amide bonds. The summed E-state index contributed by atoms with van der Waals surface area (Å²) in [5.41, 5.74) is 6.76. The van der Waals surface area contributed by atoms with Gasteiger partial charge in [0.05, 0.1) is 5.69 Å². The lowest BCUT2D eigenvalue weighted by Crippen LogP contribution is -1.99. The molecule has 0 radical (unpaired) electrons. The fourth-order valence-corrected chi connectivity index (χ4v) is 3.41. The summed E-state index contributed by atoms with van der Waals surface area (Å²) in [6.07, 6.45) is 1.93. The highest BCUT2D eigenvalue weighted by atomic mass is 16.5. The molecule has 0 spiro atoms. The maximum atomic E-state index is 5.91. The SMILES string of the molecule is Cc1ccc(-n2c(C)cc(C=Nc3cccc(Oc4ccccc4)c3)c2C)cc1. The Morgan fingerprint density at radius 2 is 1.48 bits per heavy atom. The van der Waals surface area contributed by atoms with Gasteiger partial charge in [0.15, 0.2) is 0 Å². The lowest BCUT2D eigenvalue weighted by molar-refractivity contribution is 0.483. The van der Waals surface area contributed by atoms with Crippen LogP contribution in [0.4, 0.5) is 5.69 Å². The first kappa shape index (κ1) is 18.8. The Balaban J connectivity index is 1.57.